The quantitative estimate of drug-likeness (QED) is 0.318. The van der Waals surface area contributed by atoms with E-state index in [1.807, 2.05) is 6.92 Å². The normalized spacial score (nSPS) is 17.5. The summed E-state index contributed by atoms with van der Waals surface area (Å²) in [6.07, 6.45) is -0.117. The van der Waals surface area contributed by atoms with E-state index < -0.39 is 48.1 Å². The van der Waals surface area contributed by atoms with Crippen LogP contribution in [0.3, 0.4) is 0 Å². The molecule has 0 heterocycles. The Kier molecular flexibility index (Phi) is 9.85. The maximum atomic E-state index is 14.4. The molecular formula is C30H39N3O8. The van der Waals surface area contributed by atoms with Gasteiger partial charge in [-0.25, -0.2) is 4.79 Å². The van der Waals surface area contributed by atoms with Crippen LogP contribution in [0.1, 0.15) is 56.8 Å². The average molecular weight is 570 g/mol. The first-order valence-corrected chi connectivity index (χ1v) is 13.4. The first kappa shape index (κ1) is 31.3. The molecule has 1 saturated carbocycles. The molecule has 1 aliphatic carbocycles. The first-order chi connectivity index (χ1) is 19.2. The fraction of sp³-hybridized carbons (Fsp3) is 0.467. The zero-order valence-corrected chi connectivity index (χ0v) is 24.3. The second-order valence-electron chi connectivity index (χ2n) is 11.3. The number of alkyl carbamates (subject to hydrolysis) is 1. The van der Waals surface area contributed by atoms with Crippen LogP contribution >= 0.6 is 0 Å². The Morgan fingerprint density at radius 2 is 1.71 bits per heavy atom. The molecule has 4 unspecified atom stereocenters. The highest BCUT2D eigenvalue weighted by Crippen LogP contribution is 2.41. The van der Waals surface area contributed by atoms with Crippen LogP contribution in [-0.4, -0.2) is 70.3 Å². The number of carbonyl (C=O) groups is 4. The Labute approximate surface area is 239 Å². The number of ether oxygens (including phenoxy) is 2. The third-order valence-corrected chi connectivity index (χ3v) is 6.74. The molecule has 3 rings (SSSR count). The van der Waals surface area contributed by atoms with Gasteiger partial charge in [0.25, 0.3) is 0 Å². The van der Waals surface area contributed by atoms with Gasteiger partial charge in [0.1, 0.15) is 35.7 Å². The van der Waals surface area contributed by atoms with E-state index in [4.69, 9.17) is 4.74 Å². The summed E-state index contributed by atoms with van der Waals surface area (Å²) in [6.45, 7) is 8.33. The molecule has 11 heteroatoms. The van der Waals surface area contributed by atoms with Gasteiger partial charge in [0, 0.05) is 12.5 Å². The van der Waals surface area contributed by atoms with E-state index in [0.717, 1.165) is 0 Å². The van der Waals surface area contributed by atoms with Crippen molar-refractivity contribution in [3.63, 3.8) is 0 Å². The van der Waals surface area contributed by atoms with Crippen LogP contribution in [0.15, 0.2) is 42.5 Å². The van der Waals surface area contributed by atoms with Crippen LogP contribution in [0.4, 0.5) is 4.79 Å². The van der Waals surface area contributed by atoms with Crippen LogP contribution < -0.4 is 10.6 Å². The van der Waals surface area contributed by atoms with Crippen LogP contribution in [-0.2, 0) is 30.3 Å². The lowest BCUT2D eigenvalue weighted by Gasteiger charge is -2.35. The number of phenolic OH excluding ortho intramolecular Hbond substituents is 2. The Hall–Kier alpha value is -4.28. The molecule has 0 aliphatic heterocycles. The number of aryl methyl sites for hydroxylation is 1. The fourth-order valence-electron chi connectivity index (χ4n) is 4.48. The molecule has 4 atom stereocenters. The van der Waals surface area contributed by atoms with Gasteiger partial charge in [-0.2, -0.15) is 0 Å². The molecular weight excluding hydrogens is 530 g/mol. The number of aromatic hydroxyl groups is 2. The van der Waals surface area contributed by atoms with Crippen LogP contribution in [0.5, 0.6) is 11.5 Å². The van der Waals surface area contributed by atoms with Crippen molar-refractivity contribution >= 4 is 23.9 Å². The van der Waals surface area contributed by atoms with Gasteiger partial charge in [-0.1, -0.05) is 25.1 Å². The Balaban J connectivity index is 2.05. The molecule has 0 radical (unpaired) electrons. The molecule has 41 heavy (non-hydrogen) atoms. The van der Waals surface area contributed by atoms with Gasteiger partial charge in [-0.15, -0.1) is 0 Å². The molecule has 1 aliphatic rings. The van der Waals surface area contributed by atoms with Gasteiger partial charge in [0.05, 0.1) is 7.11 Å². The molecule has 222 valence electrons. The molecule has 11 nitrogen and oxygen atoms in total. The minimum Gasteiger partial charge on any atom is -0.508 e. The van der Waals surface area contributed by atoms with Gasteiger partial charge in [0.15, 0.2) is 0 Å². The highest BCUT2D eigenvalue weighted by atomic mass is 16.6. The second-order valence-corrected chi connectivity index (χ2v) is 11.3. The summed E-state index contributed by atoms with van der Waals surface area (Å²) in [5.41, 5.74) is 0.766. The van der Waals surface area contributed by atoms with E-state index in [1.54, 1.807) is 52.0 Å². The zero-order chi connectivity index (χ0) is 30.5. The largest absolute Gasteiger partial charge is 0.508 e. The van der Waals surface area contributed by atoms with E-state index in [1.165, 1.54) is 30.2 Å². The topological polar surface area (TPSA) is 154 Å². The molecule has 0 spiro atoms. The summed E-state index contributed by atoms with van der Waals surface area (Å²) >= 11 is 0. The van der Waals surface area contributed by atoms with E-state index in [-0.39, 0.29) is 29.9 Å². The van der Waals surface area contributed by atoms with Crippen LogP contribution in [0, 0.1) is 12.8 Å². The van der Waals surface area contributed by atoms with Crippen molar-refractivity contribution in [2.45, 2.75) is 71.2 Å². The monoisotopic (exact) mass is 569 g/mol. The van der Waals surface area contributed by atoms with E-state index in [0.29, 0.717) is 23.1 Å². The summed E-state index contributed by atoms with van der Waals surface area (Å²) < 4.78 is 10.1. The van der Waals surface area contributed by atoms with Gasteiger partial charge < -0.3 is 35.2 Å². The molecule has 3 amide bonds. The van der Waals surface area contributed by atoms with Gasteiger partial charge in [-0.05, 0) is 81.0 Å². The Bertz CT molecular complexity index is 1270. The highest BCUT2D eigenvalue weighted by molar-refractivity contribution is 5.94. The predicted molar refractivity (Wildman–Crippen MR) is 150 cm³/mol. The number of benzene rings is 2. The minimum atomic E-state index is -1.18. The van der Waals surface area contributed by atoms with Gasteiger partial charge >= 0.3 is 12.1 Å². The predicted octanol–water partition coefficient (Wildman–Crippen LogP) is 3.11. The Morgan fingerprint density at radius 3 is 2.24 bits per heavy atom. The highest BCUT2D eigenvalue weighted by Gasteiger charge is 2.48. The molecule has 4 N–H and O–H groups in total. The maximum absolute atomic E-state index is 14.4. The number of nitrogens with one attached hydrogen (secondary N) is 2. The number of phenols is 2. The van der Waals surface area contributed by atoms with Crippen molar-refractivity contribution in [3.05, 3.63) is 59.2 Å². The average Bonchev–Trinajstić information content (AvgIpc) is 3.62. The summed E-state index contributed by atoms with van der Waals surface area (Å²) in [5, 5.41) is 25.1. The molecule has 0 aromatic heterocycles. The molecule has 2 aromatic carbocycles. The second kappa shape index (κ2) is 12.9. The number of nitrogens with zero attached hydrogens (tertiary/aromatic N) is 1. The summed E-state index contributed by atoms with van der Waals surface area (Å²) in [5.74, 6) is -1.65. The van der Waals surface area contributed by atoms with Crippen molar-refractivity contribution in [2.75, 3.05) is 13.7 Å². The minimum absolute atomic E-state index is 0.0249. The zero-order valence-electron chi connectivity index (χ0n) is 24.3. The SMILES string of the molecule is COC(=O)CNC(=O)C(c1ccc(O)c(C)c1)N(C(=O)C(Cc1ccc(O)cc1)NC(=O)OC(C)(C)C)C1CC1C. The summed E-state index contributed by atoms with van der Waals surface area (Å²) in [4.78, 5) is 54.2. The molecule has 1 fully saturated rings. The number of carbonyl (C=O) groups excluding carboxylic acids is 4. The molecule has 2 aromatic rings. The summed E-state index contributed by atoms with van der Waals surface area (Å²) in [6, 6.07) is 8.21. The number of rotatable bonds is 10. The lowest BCUT2D eigenvalue weighted by Crippen LogP contribution is -2.55. The van der Waals surface area contributed by atoms with E-state index in [9.17, 15) is 29.4 Å². The summed E-state index contributed by atoms with van der Waals surface area (Å²) in [7, 11) is 1.20. The number of amides is 3. The van der Waals surface area contributed by atoms with Crippen molar-refractivity contribution in [3.8, 4) is 11.5 Å². The molecule has 0 bridgehead atoms. The fourth-order valence-corrected chi connectivity index (χ4v) is 4.48. The number of esters is 1. The standard InChI is InChI=1S/C30H39N3O8/c1-17-14-23(17)33(26(27(37)31-16-25(36)40-6)20-9-12-24(35)18(2)13-20)28(38)22(32-29(39)41-30(3,4)5)15-19-7-10-21(34)11-8-19/h7-13,17,22-23,26,34-35H,14-16H2,1-6H3,(H,31,37)(H,32,39). The van der Waals surface area contributed by atoms with Crippen LogP contribution in [0.2, 0.25) is 0 Å². The van der Waals surface area contributed by atoms with Gasteiger partial charge in [0.2, 0.25) is 11.8 Å². The lowest BCUT2D eigenvalue weighted by molar-refractivity contribution is -0.145. The maximum Gasteiger partial charge on any atom is 0.408 e. The van der Waals surface area contributed by atoms with E-state index in [2.05, 4.69) is 15.4 Å². The smallest absolute Gasteiger partial charge is 0.408 e. The number of hydrogen-bond acceptors (Lipinski definition) is 8. The number of methoxy groups -OCH3 is 1. The van der Waals surface area contributed by atoms with Crippen LogP contribution in [0.25, 0.3) is 0 Å². The third-order valence-electron chi connectivity index (χ3n) is 6.74. The lowest BCUT2D eigenvalue weighted by atomic mass is 9.98. The van der Waals surface area contributed by atoms with Crippen molar-refractivity contribution in [1.29, 1.82) is 0 Å². The van der Waals surface area contributed by atoms with Crippen molar-refractivity contribution < 1.29 is 38.9 Å². The third kappa shape index (κ3) is 8.60. The van der Waals surface area contributed by atoms with Gasteiger partial charge in [-0.3, -0.25) is 14.4 Å². The first-order valence-electron chi connectivity index (χ1n) is 13.4. The van der Waals surface area contributed by atoms with Crippen molar-refractivity contribution in [1.82, 2.24) is 15.5 Å². The Morgan fingerprint density at radius 1 is 1.07 bits per heavy atom. The molecule has 0 saturated heterocycles. The van der Waals surface area contributed by atoms with Crippen molar-refractivity contribution in [2.24, 2.45) is 5.92 Å². The number of hydrogen-bond donors (Lipinski definition) is 4. The van der Waals surface area contributed by atoms with E-state index >= 15 is 0 Å².